The van der Waals surface area contributed by atoms with E-state index in [0.717, 1.165) is 0 Å². The maximum absolute atomic E-state index is 11.6. The van der Waals surface area contributed by atoms with Crippen LogP contribution in [0, 0.1) is 5.92 Å². The second kappa shape index (κ2) is 2.17. The van der Waals surface area contributed by atoms with Crippen LogP contribution in [0.2, 0.25) is 0 Å². The van der Waals surface area contributed by atoms with Crippen molar-refractivity contribution in [3.05, 3.63) is 23.8 Å². The minimum Gasteiger partial charge on any atom is -0.353 e. The van der Waals surface area contributed by atoms with Crippen molar-refractivity contribution in [1.29, 1.82) is 0 Å². The van der Waals surface area contributed by atoms with Crippen LogP contribution >= 0.6 is 0 Å². The third kappa shape index (κ3) is 0.823. The van der Waals surface area contributed by atoms with Crippen LogP contribution in [0.15, 0.2) is 23.8 Å². The van der Waals surface area contributed by atoms with Gasteiger partial charge in [0.1, 0.15) is 0 Å². The first-order valence-corrected chi connectivity index (χ1v) is 4.39. The normalized spacial score (nSPS) is 40.9. The number of carbonyl (C=O) groups excluding carboxylic acids is 2. The molecule has 1 saturated carbocycles. The summed E-state index contributed by atoms with van der Waals surface area (Å²) in [6.45, 7) is 0. The van der Waals surface area contributed by atoms with Gasteiger partial charge in [-0.2, -0.15) is 0 Å². The van der Waals surface area contributed by atoms with Crippen LogP contribution in [0.4, 0.5) is 0 Å². The first kappa shape index (κ1) is 7.21. The quantitative estimate of drug-likeness (QED) is 0.502. The molecule has 0 bridgehead atoms. The van der Waals surface area contributed by atoms with Gasteiger partial charge in [-0.15, -0.1) is 0 Å². The molecule has 3 nitrogen and oxygen atoms in total. The summed E-state index contributed by atoms with van der Waals surface area (Å²) in [7, 11) is 0. The molecule has 3 rings (SSSR count). The van der Waals surface area contributed by atoms with Crippen LogP contribution in [0.1, 0.15) is 6.42 Å². The smallest absolute Gasteiger partial charge is 0.191 e. The monoisotopic (exact) mass is 176 g/mol. The fourth-order valence-corrected chi connectivity index (χ4v) is 2.04. The highest BCUT2D eigenvalue weighted by molar-refractivity contribution is 6.15. The van der Waals surface area contributed by atoms with Crippen molar-refractivity contribution in [2.75, 3.05) is 0 Å². The van der Waals surface area contributed by atoms with Gasteiger partial charge >= 0.3 is 0 Å². The zero-order valence-electron chi connectivity index (χ0n) is 6.90. The summed E-state index contributed by atoms with van der Waals surface area (Å²) in [6.07, 6.45) is 5.29. The molecular formula is C10H8O3. The summed E-state index contributed by atoms with van der Waals surface area (Å²) in [5, 5.41) is 0. The van der Waals surface area contributed by atoms with Gasteiger partial charge in [-0.25, -0.2) is 0 Å². The van der Waals surface area contributed by atoms with E-state index in [1.54, 1.807) is 6.08 Å². The minimum atomic E-state index is -0.443. The lowest BCUT2D eigenvalue weighted by Gasteiger charge is -2.20. The van der Waals surface area contributed by atoms with Gasteiger partial charge in [-0.05, 0) is 6.42 Å². The van der Waals surface area contributed by atoms with E-state index in [9.17, 15) is 9.59 Å². The molecule has 0 aromatic heterocycles. The summed E-state index contributed by atoms with van der Waals surface area (Å²) in [5.74, 6) is -0.125. The number of rotatable bonds is 0. The summed E-state index contributed by atoms with van der Waals surface area (Å²) in [6, 6.07) is 0. The van der Waals surface area contributed by atoms with Crippen molar-refractivity contribution in [3.8, 4) is 0 Å². The van der Waals surface area contributed by atoms with Crippen LogP contribution < -0.4 is 0 Å². The largest absolute Gasteiger partial charge is 0.353 e. The molecule has 0 N–H and O–H groups in total. The van der Waals surface area contributed by atoms with E-state index in [4.69, 9.17) is 4.74 Å². The molecule has 0 aromatic carbocycles. The van der Waals surface area contributed by atoms with E-state index in [0.29, 0.717) is 12.0 Å². The number of carbonyl (C=O) groups is 2. The Labute approximate surface area is 75.1 Å². The zero-order valence-corrected chi connectivity index (χ0v) is 6.90. The van der Waals surface area contributed by atoms with Gasteiger partial charge in [0.15, 0.2) is 23.8 Å². The molecule has 2 fully saturated rings. The van der Waals surface area contributed by atoms with E-state index in [1.165, 1.54) is 0 Å². The molecule has 1 heterocycles. The Morgan fingerprint density at radius 2 is 2.15 bits per heavy atom. The molecule has 1 aliphatic heterocycles. The number of hydrogen-bond acceptors (Lipinski definition) is 3. The highest BCUT2D eigenvalue weighted by Gasteiger charge is 2.58. The Kier molecular flexibility index (Phi) is 1.21. The van der Waals surface area contributed by atoms with Gasteiger partial charge in [-0.3, -0.25) is 9.59 Å². The Balaban J connectivity index is 2.06. The van der Waals surface area contributed by atoms with Crippen molar-refractivity contribution in [1.82, 2.24) is 0 Å². The third-order valence-electron chi connectivity index (χ3n) is 2.82. The summed E-state index contributed by atoms with van der Waals surface area (Å²) < 4.78 is 5.03. The molecule has 13 heavy (non-hydrogen) atoms. The number of epoxide rings is 1. The van der Waals surface area contributed by atoms with Gasteiger partial charge < -0.3 is 4.74 Å². The molecule has 0 aromatic rings. The van der Waals surface area contributed by atoms with Crippen LogP contribution in [-0.4, -0.2) is 23.8 Å². The predicted molar refractivity (Wildman–Crippen MR) is 44.0 cm³/mol. The Hall–Kier alpha value is -1.22. The summed E-state index contributed by atoms with van der Waals surface area (Å²) in [4.78, 5) is 23.2. The van der Waals surface area contributed by atoms with Gasteiger partial charge in [0, 0.05) is 5.57 Å². The van der Waals surface area contributed by atoms with E-state index in [-0.39, 0.29) is 17.5 Å². The minimum absolute atomic E-state index is 0.0129. The fourth-order valence-electron chi connectivity index (χ4n) is 2.04. The molecule has 3 unspecified atom stereocenters. The second-order valence-corrected chi connectivity index (χ2v) is 3.58. The summed E-state index contributed by atoms with van der Waals surface area (Å²) >= 11 is 0. The van der Waals surface area contributed by atoms with Crippen molar-refractivity contribution >= 4 is 11.6 Å². The lowest BCUT2D eigenvalue weighted by Crippen LogP contribution is -2.35. The lowest BCUT2D eigenvalue weighted by atomic mass is 9.78. The Morgan fingerprint density at radius 3 is 3.00 bits per heavy atom. The molecule has 3 atom stereocenters. The predicted octanol–water partition coefficient (Wildman–Crippen LogP) is 0.408. The van der Waals surface area contributed by atoms with Crippen LogP contribution in [0.3, 0.4) is 0 Å². The number of allylic oxidation sites excluding steroid dienone is 3. The summed E-state index contributed by atoms with van der Waals surface area (Å²) in [5.41, 5.74) is 0.645. The first-order chi connectivity index (χ1) is 6.29. The second-order valence-electron chi connectivity index (χ2n) is 3.58. The van der Waals surface area contributed by atoms with Crippen LogP contribution in [0.5, 0.6) is 0 Å². The Bertz CT molecular complexity index is 364. The number of ether oxygens (including phenoxy) is 1. The standard InChI is InChI=1S/C10H8O3/c11-7-5-3-1-2-4-6(5)8(12)10-9(7)13-10/h1-3,6,9-10H,4H2. The van der Waals surface area contributed by atoms with Gasteiger partial charge in [-0.1, -0.05) is 18.2 Å². The molecule has 0 amide bonds. The molecule has 0 spiro atoms. The van der Waals surface area contributed by atoms with E-state index in [1.807, 2.05) is 12.2 Å². The highest BCUT2D eigenvalue weighted by atomic mass is 16.6. The molecule has 0 radical (unpaired) electrons. The molecule has 1 saturated heterocycles. The molecular weight excluding hydrogens is 168 g/mol. The number of hydrogen-bond donors (Lipinski definition) is 0. The topological polar surface area (TPSA) is 46.7 Å². The maximum Gasteiger partial charge on any atom is 0.191 e. The van der Waals surface area contributed by atoms with Crippen molar-refractivity contribution in [3.63, 3.8) is 0 Å². The SMILES string of the molecule is O=C1C2=CC=CCC2C(=O)C2OC12. The van der Waals surface area contributed by atoms with E-state index < -0.39 is 12.2 Å². The number of Topliss-reactive ketones (excluding diaryl/α,β-unsaturated/α-hetero) is 2. The van der Waals surface area contributed by atoms with Gasteiger partial charge in [0.2, 0.25) is 0 Å². The van der Waals surface area contributed by atoms with E-state index in [2.05, 4.69) is 0 Å². The molecule has 3 heteroatoms. The lowest BCUT2D eigenvalue weighted by molar-refractivity contribution is -0.126. The average molecular weight is 176 g/mol. The van der Waals surface area contributed by atoms with Crippen molar-refractivity contribution < 1.29 is 14.3 Å². The molecule has 2 aliphatic carbocycles. The number of fused-ring (bicyclic) bond motifs is 2. The van der Waals surface area contributed by atoms with Crippen molar-refractivity contribution in [2.45, 2.75) is 18.6 Å². The number of ketones is 2. The van der Waals surface area contributed by atoms with Gasteiger partial charge in [0.25, 0.3) is 0 Å². The fraction of sp³-hybridized carbons (Fsp3) is 0.400. The maximum atomic E-state index is 11.6. The van der Waals surface area contributed by atoms with Crippen LogP contribution in [-0.2, 0) is 14.3 Å². The van der Waals surface area contributed by atoms with Crippen LogP contribution in [0.25, 0.3) is 0 Å². The molecule has 66 valence electrons. The van der Waals surface area contributed by atoms with Gasteiger partial charge in [0.05, 0.1) is 5.92 Å². The van der Waals surface area contributed by atoms with Crippen molar-refractivity contribution in [2.24, 2.45) is 5.92 Å². The highest BCUT2D eigenvalue weighted by Crippen LogP contribution is 2.40. The Morgan fingerprint density at radius 1 is 1.31 bits per heavy atom. The average Bonchev–Trinajstić information content (AvgIpc) is 2.94. The zero-order chi connectivity index (χ0) is 9.00. The molecule has 3 aliphatic rings. The van der Waals surface area contributed by atoms with E-state index >= 15 is 0 Å². The first-order valence-electron chi connectivity index (χ1n) is 4.39. The third-order valence-corrected chi connectivity index (χ3v) is 2.82.